The Morgan fingerprint density at radius 3 is 2.75 bits per heavy atom. The molecule has 0 spiro atoms. The molecule has 0 bridgehead atoms. The second kappa shape index (κ2) is 7.70. The number of esters is 1. The van der Waals surface area contributed by atoms with E-state index in [4.69, 9.17) is 4.74 Å². The first kappa shape index (κ1) is 21.1. The Balaban J connectivity index is 1.49. The molecular formula is C22H27N5O4S. The molecule has 1 saturated carbocycles. The summed E-state index contributed by atoms with van der Waals surface area (Å²) in [6.07, 6.45) is 9.92. The Morgan fingerprint density at radius 1 is 1.28 bits per heavy atom. The molecule has 9 nitrogen and oxygen atoms in total. The van der Waals surface area contributed by atoms with E-state index in [-0.39, 0.29) is 11.7 Å². The lowest BCUT2D eigenvalue weighted by molar-refractivity contribution is 0.0486. The zero-order chi connectivity index (χ0) is 22.5. The summed E-state index contributed by atoms with van der Waals surface area (Å²) in [7, 11) is -3.22. The number of hydrogen-bond acceptors (Lipinski definition) is 6. The van der Waals surface area contributed by atoms with Crippen molar-refractivity contribution >= 4 is 27.0 Å². The van der Waals surface area contributed by atoms with Crippen LogP contribution in [0.5, 0.6) is 0 Å². The molecular weight excluding hydrogens is 430 g/mol. The smallest absolute Gasteiger partial charge is 0.340 e. The Morgan fingerprint density at radius 2 is 2.06 bits per heavy atom. The van der Waals surface area contributed by atoms with Gasteiger partial charge in [-0.25, -0.2) is 18.2 Å². The quantitative estimate of drug-likeness (QED) is 0.521. The minimum absolute atomic E-state index is 0.0893. The molecule has 10 heteroatoms. The number of nitrogens with one attached hydrogen (secondary N) is 1. The molecule has 0 amide bonds. The van der Waals surface area contributed by atoms with Crippen molar-refractivity contribution in [3.05, 3.63) is 36.4 Å². The monoisotopic (exact) mass is 457 g/mol. The fourth-order valence-electron chi connectivity index (χ4n) is 4.26. The lowest BCUT2D eigenvalue weighted by Gasteiger charge is -2.48. The van der Waals surface area contributed by atoms with Crippen molar-refractivity contribution in [2.24, 2.45) is 5.92 Å². The highest BCUT2D eigenvalue weighted by molar-refractivity contribution is 7.89. The van der Waals surface area contributed by atoms with Crippen LogP contribution >= 0.6 is 0 Å². The largest absolute Gasteiger partial charge is 0.462 e. The van der Waals surface area contributed by atoms with Crippen LogP contribution in [0.15, 0.2) is 30.9 Å². The first-order chi connectivity index (χ1) is 15.4. The van der Waals surface area contributed by atoms with E-state index in [0.717, 1.165) is 35.8 Å². The molecule has 32 heavy (non-hydrogen) atoms. The zero-order valence-corrected chi connectivity index (χ0v) is 19.1. The van der Waals surface area contributed by atoms with E-state index in [1.165, 1.54) is 4.31 Å². The highest BCUT2D eigenvalue weighted by Gasteiger charge is 2.48. The molecule has 2 fully saturated rings. The summed E-state index contributed by atoms with van der Waals surface area (Å²) in [6, 6.07) is 1.89. The standard InChI is InChI=1S/C22H27N5O4S/c1-3-22(13-26(14-22)32(29,30)4-2)27-11-16(9-25-27)19-17-7-8-23-20(17)24-10-18(19)21(28)31-12-15-5-6-15/h7-11,15H,3-6,12-14H2,1-2H3,(H,23,24). The number of aromatic nitrogens is 4. The van der Waals surface area contributed by atoms with E-state index in [1.54, 1.807) is 25.5 Å². The SMILES string of the molecule is CCC1(n2cc(-c3c(C(=O)OCC4CC4)cnc4[nH]ccc34)cn2)CN(S(=O)(=O)CC)C1. The maximum atomic E-state index is 12.9. The van der Waals surface area contributed by atoms with Gasteiger partial charge in [-0.15, -0.1) is 0 Å². The van der Waals surface area contributed by atoms with Crippen LogP contribution in [-0.2, 0) is 20.3 Å². The molecule has 170 valence electrons. The van der Waals surface area contributed by atoms with Crippen molar-refractivity contribution in [1.82, 2.24) is 24.1 Å². The van der Waals surface area contributed by atoms with E-state index in [1.807, 2.05) is 23.9 Å². The normalized spacial score (nSPS) is 18.6. The number of carbonyl (C=O) groups excluding carboxylic acids is 1. The first-order valence-corrected chi connectivity index (χ1v) is 12.6. The molecule has 1 aliphatic heterocycles. The van der Waals surface area contributed by atoms with Crippen LogP contribution in [0.2, 0.25) is 0 Å². The number of ether oxygens (including phenoxy) is 1. The van der Waals surface area contributed by atoms with Gasteiger partial charge in [-0.3, -0.25) is 4.68 Å². The van der Waals surface area contributed by atoms with Crippen LogP contribution in [0.1, 0.15) is 43.5 Å². The molecule has 0 radical (unpaired) electrons. The van der Waals surface area contributed by atoms with Gasteiger partial charge in [0, 0.05) is 48.2 Å². The van der Waals surface area contributed by atoms with Gasteiger partial charge in [0.25, 0.3) is 0 Å². The number of pyridine rings is 1. The molecule has 0 atom stereocenters. The van der Waals surface area contributed by atoms with Gasteiger partial charge in [0.1, 0.15) is 5.65 Å². The summed E-state index contributed by atoms with van der Waals surface area (Å²) >= 11 is 0. The summed E-state index contributed by atoms with van der Waals surface area (Å²) in [6.45, 7) is 4.92. The first-order valence-electron chi connectivity index (χ1n) is 11.0. The van der Waals surface area contributed by atoms with Crippen molar-refractivity contribution < 1.29 is 17.9 Å². The summed E-state index contributed by atoms with van der Waals surface area (Å²) in [5, 5.41) is 5.41. The van der Waals surface area contributed by atoms with Gasteiger partial charge in [-0.2, -0.15) is 9.40 Å². The van der Waals surface area contributed by atoms with Gasteiger partial charge in [-0.05, 0) is 38.2 Å². The third-order valence-electron chi connectivity index (χ3n) is 6.67. The number of carbonyl (C=O) groups is 1. The highest BCUT2D eigenvalue weighted by atomic mass is 32.2. The zero-order valence-electron chi connectivity index (χ0n) is 18.2. The van der Waals surface area contributed by atoms with E-state index in [0.29, 0.717) is 36.8 Å². The molecule has 1 aliphatic carbocycles. The third-order valence-corrected chi connectivity index (χ3v) is 8.44. The summed E-state index contributed by atoms with van der Waals surface area (Å²) in [5.74, 6) is 0.176. The van der Waals surface area contributed by atoms with Gasteiger partial charge in [0.2, 0.25) is 10.0 Å². The molecule has 0 unspecified atom stereocenters. The number of sulfonamides is 1. The molecule has 1 N–H and O–H groups in total. The van der Waals surface area contributed by atoms with Gasteiger partial charge in [-0.1, -0.05) is 6.92 Å². The Hall–Kier alpha value is -2.72. The molecule has 1 saturated heterocycles. The van der Waals surface area contributed by atoms with Gasteiger partial charge in [0.05, 0.1) is 29.7 Å². The van der Waals surface area contributed by atoms with Crippen LogP contribution < -0.4 is 0 Å². The maximum absolute atomic E-state index is 12.9. The Labute approximate surface area is 186 Å². The van der Waals surface area contributed by atoms with Crippen molar-refractivity contribution in [3.8, 4) is 11.1 Å². The van der Waals surface area contributed by atoms with Crippen LogP contribution in [0.4, 0.5) is 0 Å². The Kier molecular flexibility index (Phi) is 5.09. The molecule has 2 aliphatic rings. The lowest BCUT2D eigenvalue weighted by Crippen LogP contribution is -2.64. The maximum Gasteiger partial charge on any atom is 0.340 e. The second-order valence-corrected chi connectivity index (χ2v) is 11.0. The number of hydrogen-bond donors (Lipinski definition) is 1. The number of fused-ring (bicyclic) bond motifs is 1. The van der Waals surface area contributed by atoms with Crippen molar-refractivity contribution in [2.45, 2.75) is 38.6 Å². The van der Waals surface area contributed by atoms with E-state index >= 15 is 0 Å². The van der Waals surface area contributed by atoms with E-state index < -0.39 is 15.6 Å². The molecule has 3 aromatic heterocycles. The van der Waals surface area contributed by atoms with Crippen molar-refractivity contribution in [3.63, 3.8) is 0 Å². The molecule has 4 heterocycles. The molecule has 0 aromatic carbocycles. The van der Waals surface area contributed by atoms with Gasteiger partial charge >= 0.3 is 5.97 Å². The third kappa shape index (κ3) is 3.51. The summed E-state index contributed by atoms with van der Waals surface area (Å²) < 4.78 is 33.4. The second-order valence-electron chi connectivity index (χ2n) is 8.75. The summed E-state index contributed by atoms with van der Waals surface area (Å²) in [5.41, 5.74) is 2.20. The number of H-pyrrole nitrogens is 1. The van der Waals surface area contributed by atoms with Crippen LogP contribution in [0, 0.1) is 5.92 Å². The van der Waals surface area contributed by atoms with Gasteiger partial charge in [0.15, 0.2) is 0 Å². The average Bonchev–Trinajstić information content (AvgIpc) is 3.24. The number of nitrogens with zero attached hydrogens (tertiary/aromatic N) is 4. The minimum atomic E-state index is -3.22. The van der Waals surface area contributed by atoms with Gasteiger partial charge < -0.3 is 9.72 Å². The summed E-state index contributed by atoms with van der Waals surface area (Å²) in [4.78, 5) is 20.3. The van der Waals surface area contributed by atoms with E-state index in [2.05, 4.69) is 15.1 Å². The fraction of sp³-hybridized carbons (Fsp3) is 0.500. The Bertz CT molecular complexity index is 1270. The predicted molar refractivity (Wildman–Crippen MR) is 120 cm³/mol. The fourth-order valence-corrected chi connectivity index (χ4v) is 5.50. The van der Waals surface area contributed by atoms with Crippen molar-refractivity contribution in [2.75, 3.05) is 25.4 Å². The average molecular weight is 458 g/mol. The van der Waals surface area contributed by atoms with Crippen LogP contribution in [-0.4, -0.2) is 63.9 Å². The highest BCUT2D eigenvalue weighted by Crippen LogP contribution is 2.37. The van der Waals surface area contributed by atoms with E-state index in [9.17, 15) is 13.2 Å². The topological polar surface area (TPSA) is 110 Å². The van der Waals surface area contributed by atoms with Crippen LogP contribution in [0.3, 0.4) is 0 Å². The predicted octanol–water partition coefficient (Wildman–Crippen LogP) is 2.76. The van der Waals surface area contributed by atoms with Crippen molar-refractivity contribution in [1.29, 1.82) is 0 Å². The molecule has 3 aromatic rings. The minimum Gasteiger partial charge on any atom is -0.462 e. The van der Waals surface area contributed by atoms with Crippen LogP contribution in [0.25, 0.3) is 22.2 Å². The number of aromatic amines is 1. The number of rotatable bonds is 8. The lowest BCUT2D eigenvalue weighted by atomic mass is 9.89. The molecule has 5 rings (SSSR count).